The summed E-state index contributed by atoms with van der Waals surface area (Å²) in [6, 6.07) is 4.82. The van der Waals surface area contributed by atoms with Crippen molar-refractivity contribution in [3.63, 3.8) is 0 Å². The van der Waals surface area contributed by atoms with Crippen molar-refractivity contribution in [2.75, 3.05) is 11.9 Å². The average molecular weight is 248 g/mol. The molecule has 7 heteroatoms. The quantitative estimate of drug-likeness (QED) is 0.886. The van der Waals surface area contributed by atoms with E-state index in [2.05, 4.69) is 15.0 Å². The van der Waals surface area contributed by atoms with E-state index in [1.165, 1.54) is 19.2 Å². The highest BCUT2D eigenvalue weighted by atomic mass is 19.4. The lowest BCUT2D eigenvalue weighted by molar-refractivity contribution is -0.184. The maximum atomic E-state index is 11.8. The van der Waals surface area contributed by atoms with Crippen molar-refractivity contribution in [2.24, 2.45) is 0 Å². The summed E-state index contributed by atoms with van der Waals surface area (Å²) in [7, 11) is 0. The highest BCUT2D eigenvalue weighted by Gasteiger charge is 2.29. The topological polar surface area (TPSA) is 51.2 Å². The molecule has 0 radical (unpaired) electrons. The third-order valence-corrected chi connectivity index (χ3v) is 1.78. The number of amides is 1. The second-order valence-electron chi connectivity index (χ2n) is 3.27. The van der Waals surface area contributed by atoms with Crippen LogP contribution in [0.25, 0.3) is 0 Å². The number of carbonyl (C=O) groups is 1. The minimum atomic E-state index is -4.44. The average Bonchev–Trinajstić information content (AvgIpc) is 2.26. The minimum absolute atomic E-state index is 0.264. The van der Waals surface area contributed by atoms with Crippen molar-refractivity contribution in [1.29, 1.82) is 0 Å². The van der Waals surface area contributed by atoms with Crippen molar-refractivity contribution in [3.05, 3.63) is 24.4 Å². The number of halogens is 3. The Bertz CT molecular complexity index is 368. The van der Waals surface area contributed by atoms with Crippen LogP contribution < -0.4 is 5.32 Å². The molecule has 1 atom stereocenters. The van der Waals surface area contributed by atoms with Gasteiger partial charge in [-0.2, -0.15) is 13.2 Å². The van der Waals surface area contributed by atoms with Crippen LogP contribution in [0.3, 0.4) is 0 Å². The van der Waals surface area contributed by atoms with E-state index in [0.29, 0.717) is 0 Å². The van der Waals surface area contributed by atoms with Gasteiger partial charge in [0.1, 0.15) is 18.5 Å². The van der Waals surface area contributed by atoms with Crippen LogP contribution in [0.4, 0.5) is 19.0 Å². The van der Waals surface area contributed by atoms with Crippen LogP contribution in [0, 0.1) is 0 Å². The molecule has 0 aliphatic carbocycles. The number of nitrogens with zero attached hydrogens (tertiary/aromatic N) is 1. The lowest BCUT2D eigenvalue weighted by Crippen LogP contribution is -2.31. The second kappa shape index (κ2) is 5.62. The molecule has 0 aliphatic rings. The van der Waals surface area contributed by atoms with Crippen molar-refractivity contribution in [1.82, 2.24) is 4.98 Å². The van der Waals surface area contributed by atoms with Crippen LogP contribution in [0.2, 0.25) is 0 Å². The largest absolute Gasteiger partial charge is 0.411 e. The van der Waals surface area contributed by atoms with Gasteiger partial charge in [-0.1, -0.05) is 6.07 Å². The van der Waals surface area contributed by atoms with Gasteiger partial charge in [0.2, 0.25) is 0 Å². The molecule has 0 unspecified atom stereocenters. The summed E-state index contributed by atoms with van der Waals surface area (Å²) in [5.74, 6) is -0.409. The Labute approximate surface area is 95.8 Å². The number of ether oxygens (including phenoxy) is 1. The summed E-state index contributed by atoms with van der Waals surface area (Å²) in [5, 5.41) is 2.34. The summed E-state index contributed by atoms with van der Waals surface area (Å²) < 4.78 is 39.9. The molecule has 1 heterocycles. The van der Waals surface area contributed by atoms with Gasteiger partial charge in [-0.3, -0.25) is 4.79 Å². The zero-order chi connectivity index (χ0) is 12.9. The number of hydrogen-bond donors (Lipinski definition) is 1. The van der Waals surface area contributed by atoms with E-state index in [-0.39, 0.29) is 5.82 Å². The summed E-state index contributed by atoms with van der Waals surface area (Å²) in [6.07, 6.45) is -4.19. The van der Waals surface area contributed by atoms with Gasteiger partial charge in [0.05, 0.1) is 0 Å². The first-order valence-electron chi connectivity index (χ1n) is 4.79. The molecule has 0 fully saturated rings. The predicted octanol–water partition coefficient (Wildman–Crippen LogP) is 1.99. The molecule has 0 saturated carbocycles. The maximum absolute atomic E-state index is 11.8. The Morgan fingerprint density at radius 1 is 1.53 bits per heavy atom. The molecule has 1 amide bonds. The first-order valence-corrected chi connectivity index (χ1v) is 4.79. The molecule has 1 aromatic heterocycles. The first-order chi connectivity index (χ1) is 7.88. The summed E-state index contributed by atoms with van der Waals surface area (Å²) in [6.45, 7) is -0.214. The molecule has 0 spiro atoms. The minimum Gasteiger partial charge on any atom is -0.359 e. The van der Waals surface area contributed by atoms with Crippen molar-refractivity contribution >= 4 is 11.7 Å². The maximum Gasteiger partial charge on any atom is 0.411 e. The van der Waals surface area contributed by atoms with Gasteiger partial charge < -0.3 is 10.1 Å². The molecule has 1 rings (SSSR count). The van der Waals surface area contributed by atoms with E-state index in [4.69, 9.17) is 0 Å². The number of nitrogens with one attached hydrogen (secondary N) is 1. The summed E-state index contributed by atoms with van der Waals surface area (Å²) >= 11 is 0. The number of alkyl halides is 3. The van der Waals surface area contributed by atoms with E-state index in [1.54, 1.807) is 12.1 Å². The normalized spacial score (nSPS) is 13.2. The number of aromatic nitrogens is 1. The van der Waals surface area contributed by atoms with E-state index < -0.39 is 24.8 Å². The van der Waals surface area contributed by atoms with Gasteiger partial charge in [-0.05, 0) is 19.1 Å². The Morgan fingerprint density at radius 3 is 2.76 bits per heavy atom. The fraction of sp³-hybridized carbons (Fsp3) is 0.400. The fourth-order valence-electron chi connectivity index (χ4n) is 0.960. The third-order valence-electron chi connectivity index (χ3n) is 1.78. The molecule has 94 valence electrons. The molecule has 0 saturated heterocycles. The first kappa shape index (κ1) is 13.4. The molecule has 0 bridgehead atoms. The van der Waals surface area contributed by atoms with Gasteiger partial charge in [0.25, 0.3) is 5.91 Å². The molecule has 1 aromatic rings. The van der Waals surface area contributed by atoms with Gasteiger partial charge in [0, 0.05) is 6.20 Å². The van der Waals surface area contributed by atoms with Crippen LogP contribution in [-0.2, 0) is 9.53 Å². The van der Waals surface area contributed by atoms with E-state index in [1.807, 2.05) is 0 Å². The Balaban J connectivity index is 2.43. The van der Waals surface area contributed by atoms with Crippen LogP contribution in [-0.4, -0.2) is 29.8 Å². The van der Waals surface area contributed by atoms with Crippen molar-refractivity contribution in [2.45, 2.75) is 19.2 Å². The number of carbonyl (C=O) groups excluding carboxylic acids is 1. The molecular weight excluding hydrogens is 237 g/mol. The number of pyridine rings is 1. The molecule has 4 nitrogen and oxygen atoms in total. The predicted molar refractivity (Wildman–Crippen MR) is 54.3 cm³/mol. The van der Waals surface area contributed by atoms with Crippen molar-refractivity contribution in [3.8, 4) is 0 Å². The van der Waals surface area contributed by atoms with E-state index in [9.17, 15) is 18.0 Å². The molecular formula is C10H11F3N2O2. The molecule has 1 N–H and O–H groups in total. The van der Waals surface area contributed by atoms with Crippen LogP contribution in [0.1, 0.15) is 6.92 Å². The van der Waals surface area contributed by atoms with Gasteiger partial charge in [0.15, 0.2) is 0 Å². The Morgan fingerprint density at radius 2 is 2.24 bits per heavy atom. The molecule has 0 aliphatic heterocycles. The molecule has 17 heavy (non-hydrogen) atoms. The third kappa shape index (κ3) is 5.30. The van der Waals surface area contributed by atoms with Crippen LogP contribution in [0.5, 0.6) is 0 Å². The highest BCUT2D eigenvalue weighted by Crippen LogP contribution is 2.15. The van der Waals surface area contributed by atoms with Crippen LogP contribution in [0.15, 0.2) is 24.4 Å². The number of anilines is 1. The van der Waals surface area contributed by atoms with E-state index in [0.717, 1.165) is 0 Å². The number of hydrogen-bond acceptors (Lipinski definition) is 3. The fourth-order valence-corrected chi connectivity index (χ4v) is 0.960. The van der Waals surface area contributed by atoms with Crippen molar-refractivity contribution < 1.29 is 22.7 Å². The number of rotatable bonds is 4. The Hall–Kier alpha value is -1.63. The van der Waals surface area contributed by atoms with Gasteiger partial charge >= 0.3 is 6.18 Å². The lowest BCUT2D eigenvalue weighted by Gasteiger charge is -2.14. The highest BCUT2D eigenvalue weighted by molar-refractivity contribution is 5.92. The van der Waals surface area contributed by atoms with E-state index >= 15 is 0 Å². The zero-order valence-corrected chi connectivity index (χ0v) is 8.99. The SMILES string of the molecule is C[C@@H](OCC(F)(F)F)C(=O)Nc1ccccn1. The zero-order valence-electron chi connectivity index (χ0n) is 8.99. The monoisotopic (exact) mass is 248 g/mol. The summed E-state index contributed by atoms with van der Waals surface area (Å²) in [5.41, 5.74) is 0. The Kier molecular flexibility index (Phi) is 4.45. The van der Waals surface area contributed by atoms with Crippen LogP contribution >= 0.6 is 0 Å². The second-order valence-corrected chi connectivity index (χ2v) is 3.27. The molecule has 0 aromatic carbocycles. The smallest absolute Gasteiger partial charge is 0.359 e. The van der Waals surface area contributed by atoms with Gasteiger partial charge in [-0.15, -0.1) is 0 Å². The summed E-state index contributed by atoms with van der Waals surface area (Å²) in [4.78, 5) is 15.2. The van der Waals surface area contributed by atoms with Gasteiger partial charge in [-0.25, -0.2) is 4.98 Å². The standard InChI is InChI=1S/C10H11F3N2O2/c1-7(17-6-10(11,12)13)9(16)15-8-4-2-3-5-14-8/h2-5,7H,6H2,1H3,(H,14,15,16)/t7-/m1/s1. The lowest BCUT2D eigenvalue weighted by atomic mass is 10.3.